The van der Waals surface area contributed by atoms with Crippen molar-refractivity contribution in [2.45, 2.75) is 27.7 Å². The molecule has 0 unspecified atom stereocenters. The van der Waals surface area contributed by atoms with Crippen molar-refractivity contribution in [1.82, 2.24) is 0 Å². The minimum absolute atomic E-state index is 0.298. The minimum atomic E-state index is -0.537. The zero-order valence-electron chi connectivity index (χ0n) is 14.4. The normalized spacial score (nSPS) is 9.83. The number of esters is 4. The molecule has 0 saturated heterocycles. The van der Waals surface area contributed by atoms with Gasteiger partial charge in [-0.2, -0.15) is 0 Å². The van der Waals surface area contributed by atoms with Crippen molar-refractivity contribution in [2.24, 2.45) is 0 Å². The van der Waals surface area contributed by atoms with Gasteiger partial charge in [-0.1, -0.05) is 0 Å². The average molecular weight is 344 g/mol. The molecule has 0 aliphatic carbocycles. The van der Waals surface area contributed by atoms with E-state index in [1.54, 1.807) is 27.7 Å². The number of hydrogen-bond acceptors (Lipinski definition) is 8. The fourth-order valence-corrected chi connectivity index (χ4v) is 1.03. The van der Waals surface area contributed by atoms with Crippen molar-refractivity contribution in [1.29, 1.82) is 0 Å². The fourth-order valence-electron chi connectivity index (χ4n) is 1.03. The minimum Gasteiger partial charge on any atom is -0.463 e. The van der Waals surface area contributed by atoms with Crippen molar-refractivity contribution >= 4 is 23.9 Å². The summed E-state index contributed by atoms with van der Waals surface area (Å²) in [6.07, 6.45) is 4.17. The van der Waals surface area contributed by atoms with E-state index < -0.39 is 23.9 Å². The number of ether oxygens (including phenoxy) is 4. The molecule has 0 radical (unpaired) electrons. The van der Waals surface area contributed by atoms with Gasteiger partial charge < -0.3 is 18.9 Å². The first-order chi connectivity index (χ1) is 11.4. The van der Waals surface area contributed by atoms with Crippen molar-refractivity contribution in [3.63, 3.8) is 0 Å². The van der Waals surface area contributed by atoms with Gasteiger partial charge in [0.1, 0.15) is 0 Å². The van der Waals surface area contributed by atoms with Crippen LogP contribution in [0.25, 0.3) is 0 Å². The Bertz CT molecular complexity index is 369. The van der Waals surface area contributed by atoms with Gasteiger partial charge in [-0.25, -0.2) is 19.2 Å². The Morgan fingerprint density at radius 3 is 0.792 bits per heavy atom. The highest BCUT2D eigenvalue weighted by Crippen LogP contribution is 1.85. The molecule has 0 rings (SSSR count). The monoisotopic (exact) mass is 344 g/mol. The molecule has 8 heteroatoms. The molecule has 0 fully saturated rings. The molecule has 136 valence electrons. The molecule has 0 aromatic carbocycles. The van der Waals surface area contributed by atoms with Crippen LogP contribution < -0.4 is 0 Å². The topological polar surface area (TPSA) is 105 Å². The van der Waals surface area contributed by atoms with Crippen LogP contribution in [0.3, 0.4) is 0 Å². The smallest absolute Gasteiger partial charge is 0.330 e. The SMILES string of the molecule is CCOC(=O)/C=C/C(=O)OCC.CCOC(=O)/C=C/C(=O)OCC. The highest BCUT2D eigenvalue weighted by Gasteiger charge is 1.98. The summed E-state index contributed by atoms with van der Waals surface area (Å²) in [6, 6.07) is 0. The molecule has 0 atom stereocenters. The maximum atomic E-state index is 10.6. The number of carbonyl (C=O) groups excluding carboxylic acids is 4. The van der Waals surface area contributed by atoms with Crippen LogP contribution in [-0.4, -0.2) is 50.3 Å². The quantitative estimate of drug-likeness (QED) is 0.369. The maximum Gasteiger partial charge on any atom is 0.330 e. The predicted molar refractivity (Wildman–Crippen MR) is 84.8 cm³/mol. The van der Waals surface area contributed by atoms with Crippen molar-refractivity contribution in [3.05, 3.63) is 24.3 Å². The first-order valence-corrected chi connectivity index (χ1v) is 7.44. The Morgan fingerprint density at radius 1 is 0.500 bits per heavy atom. The van der Waals surface area contributed by atoms with Crippen LogP contribution in [0.2, 0.25) is 0 Å². The molecule has 24 heavy (non-hydrogen) atoms. The lowest BCUT2D eigenvalue weighted by molar-refractivity contribution is -0.140. The molecule has 0 N–H and O–H groups in total. The molecule has 8 nitrogen and oxygen atoms in total. The Balaban J connectivity index is 0. The molecule has 0 saturated carbocycles. The molecule has 0 aliphatic heterocycles. The van der Waals surface area contributed by atoms with Crippen LogP contribution >= 0.6 is 0 Å². The van der Waals surface area contributed by atoms with E-state index in [-0.39, 0.29) is 0 Å². The van der Waals surface area contributed by atoms with Gasteiger partial charge in [0, 0.05) is 24.3 Å². The first kappa shape index (κ1) is 23.6. The third kappa shape index (κ3) is 17.4. The summed E-state index contributed by atoms with van der Waals surface area (Å²) in [5.41, 5.74) is 0. The van der Waals surface area contributed by atoms with E-state index in [9.17, 15) is 19.2 Å². The summed E-state index contributed by atoms with van der Waals surface area (Å²) in [7, 11) is 0. The summed E-state index contributed by atoms with van der Waals surface area (Å²) in [6.45, 7) is 7.95. The molecule has 0 aromatic rings. The fraction of sp³-hybridized carbons (Fsp3) is 0.500. The maximum absolute atomic E-state index is 10.6. The predicted octanol–water partition coefficient (Wildman–Crippen LogP) is 1.34. The lowest BCUT2D eigenvalue weighted by Crippen LogP contribution is -2.03. The molecule has 0 aromatic heterocycles. The summed E-state index contributed by atoms with van der Waals surface area (Å²) < 4.78 is 18.1. The van der Waals surface area contributed by atoms with Gasteiger partial charge in [0.15, 0.2) is 0 Å². The average Bonchev–Trinajstić information content (AvgIpc) is 2.53. The number of hydrogen-bond donors (Lipinski definition) is 0. The van der Waals surface area contributed by atoms with E-state index in [0.29, 0.717) is 26.4 Å². The largest absolute Gasteiger partial charge is 0.463 e. The van der Waals surface area contributed by atoms with Crippen molar-refractivity contribution in [2.75, 3.05) is 26.4 Å². The van der Waals surface area contributed by atoms with E-state index in [2.05, 4.69) is 18.9 Å². The van der Waals surface area contributed by atoms with Gasteiger partial charge in [-0.3, -0.25) is 0 Å². The first-order valence-electron chi connectivity index (χ1n) is 7.44. The Hall–Kier alpha value is -2.64. The molecular formula is C16H24O8. The highest BCUT2D eigenvalue weighted by molar-refractivity contribution is 5.92. The van der Waals surface area contributed by atoms with Crippen molar-refractivity contribution in [3.8, 4) is 0 Å². The van der Waals surface area contributed by atoms with E-state index in [4.69, 9.17) is 0 Å². The van der Waals surface area contributed by atoms with E-state index in [1.165, 1.54) is 0 Å². The Kier molecular flexibility index (Phi) is 16.5. The van der Waals surface area contributed by atoms with Gasteiger partial charge in [0.2, 0.25) is 0 Å². The summed E-state index contributed by atoms with van der Waals surface area (Å²) in [5.74, 6) is -2.15. The Labute approximate surface area is 141 Å². The van der Waals surface area contributed by atoms with Crippen molar-refractivity contribution < 1.29 is 38.1 Å². The lowest BCUT2D eigenvalue weighted by atomic mass is 10.5. The van der Waals surface area contributed by atoms with Gasteiger partial charge in [0.25, 0.3) is 0 Å². The van der Waals surface area contributed by atoms with Crippen LogP contribution in [0.15, 0.2) is 24.3 Å². The van der Waals surface area contributed by atoms with E-state index >= 15 is 0 Å². The zero-order chi connectivity index (χ0) is 18.8. The third-order valence-corrected chi connectivity index (χ3v) is 1.86. The molecule has 0 heterocycles. The highest BCUT2D eigenvalue weighted by atomic mass is 16.5. The van der Waals surface area contributed by atoms with Gasteiger partial charge >= 0.3 is 23.9 Å². The Morgan fingerprint density at radius 2 is 0.667 bits per heavy atom. The summed E-state index contributed by atoms with van der Waals surface area (Å²) >= 11 is 0. The standard InChI is InChI=1S/2C8H12O4/c2*1-3-11-7(9)5-6-8(10)12-4-2/h2*5-6H,3-4H2,1-2H3/b2*6-5+. The molecule has 0 spiro atoms. The second-order valence-corrected chi connectivity index (χ2v) is 3.67. The second kappa shape index (κ2) is 16.7. The molecule has 0 bridgehead atoms. The third-order valence-electron chi connectivity index (χ3n) is 1.86. The lowest BCUT2D eigenvalue weighted by Gasteiger charge is -1.95. The summed E-state index contributed by atoms with van der Waals surface area (Å²) in [4.78, 5) is 42.5. The van der Waals surface area contributed by atoms with Gasteiger partial charge in [-0.05, 0) is 27.7 Å². The van der Waals surface area contributed by atoms with Crippen LogP contribution in [0.4, 0.5) is 0 Å². The van der Waals surface area contributed by atoms with Crippen LogP contribution in [0.1, 0.15) is 27.7 Å². The van der Waals surface area contributed by atoms with Crippen LogP contribution in [0.5, 0.6) is 0 Å². The molecule has 0 aliphatic rings. The van der Waals surface area contributed by atoms with Gasteiger partial charge in [-0.15, -0.1) is 0 Å². The molecular weight excluding hydrogens is 320 g/mol. The number of rotatable bonds is 8. The van der Waals surface area contributed by atoms with Gasteiger partial charge in [0.05, 0.1) is 26.4 Å². The van der Waals surface area contributed by atoms with Crippen LogP contribution in [0, 0.1) is 0 Å². The molecule has 0 amide bonds. The van der Waals surface area contributed by atoms with E-state index in [1.807, 2.05) is 0 Å². The zero-order valence-corrected chi connectivity index (χ0v) is 14.4. The summed E-state index contributed by atoms with van der Waals surface area (Å²) in [5, 5.41) is 0. The van der Waals surface area contributed by atoms with E-state index in [0.717, 1.165) is 24.3 Å². The second-order valence-electron chi connectivity index (χ2n) is 3.67. The van der Waals surface area contributed by atoms with Crippen LogP contribution in [-0.2, 0) is 38.1 Å². The number of carbonyl (C=O) groups is 4.